The number of hydrogen-bond acceptors (Lipinski definition) is 2. The predicted molar refractivity (Wildman–Crippen MR) is 81.4 cm³/mol. The van der Waals surface area contributed by atoms with Gasteiger partial charge in [-0.15, -0.1) is 0 Å². The molecule has 0 unspecified atom stereocenters. The number of rotatable bonds is 4. The molecular formula is C15H11Cl3O2. The molecule has 20 heavy (non-hydrogen) atoms. The Bertz CT molecular complexity index is 609. The average Bonchev–Trinajstić information content (AvgIpc) is 2.40. The molecule has 0 aliphatic heterocycles. The molecule has 0 fully saturated rings. The second kappa shape index (κ2) is 6.98. The van der Waals surface area contributed by atoms with E-state index in [0.717, 1.165) is 11.1 Å². The monoisotopic (exact) mass is 328 g/mol. The third-order valence-electron chi connectivity index (χ3n) is 2.67. The standard InChI is InChI=1S/C15H11Cl3O2/c16-12-4-1-10(2-5-12)7-15(19)20-9-11-3-6-13(17)8-14(11)18/h1-6,8H,7,9H2. The molecule has 2 nitrogen and oxygen atoms in total. The quantitative estimate of drug-likeness (QED) is 0.743. The Morgan fingerprint density at radius 2 is 1.60 bits per heavy atom. The van der Waals surface area contributed by atoms with Gasteiger partial charge in [0.1, 0.15) is 6.61 Å². The Morgan fingerprint density at radius 3 is 2.25 bits per heavy atom. The van der Waals surface area contributed by atoms with Gasteiger partial charge in [0.15, 0.2) is 0 Å². The van der Waals surface area contributed by atoms with Crippen LogP contribution in [0.3, 0.4) is 0 Å². The van der Waals surface area contributed by atoms with E-state index in [4.69, 9.17) is 39.5 Å². The number of benzene rings is 2. The van der Waals surface area contributed by atoms with Crippen molar-refractivity contribution in [3.05, 3.63) is 68.7 Å². The second-order valence-corrected chi connectivity index (χ2v) is 5.48. The Hall–Kier alpha value is -1.22. The van der Waals surface area contributed by atoms with E-state index in [9.17, 15) is 4.79 Å². The van der Waals surface area contributed by atoms with Crippen LogP contribution in [0.1, 0.15) is 11.1 Å². The normalized spacial score (nSPS) is 10.3. The highest BCUT2D eigenvalue weighted by Crippen LogP contribution is 2.21. The van der Waals surface area contributed by atoms with Crippen molar-refractivity contribution in [1.29, 1.82) is 0 Å². The largest absolute Gasteiger partial charge is 0.461 e. The molecule has 2 rings (SSSR count). The summed E-state index contributed by atoms with van der Waals surface area (Å²) in [7, 11) is 0. The van der Waals surface area contributed by atoms with Gasteiger partial charge in [0.05, 0.1) is 6.42 Å². The van der Waals surface area contributed by atoms with Crippen LogP contribution in [0, 0.1) is 0 Å². The minimum absolute atomic E-state index is 0.127. The van der Waals surface area contributed by atoms with E-state index >= 15 is 0 Å². The molecule has 0 radical (unpaired) electrons. The lowest BCUT2D eigenvalue weighted by Gasteiger charge is -2.07. The molecule has 0 N–H and O–H groups in total. The van der Waals surface area contributed by atoms with E-state index in [1.54, 1.807) is 42.5 Å². The molecule has 0 atom stereocenters. The van der Waals surface area contributed by atoms with Crippen LogP contribution in [0.2, 0.25) is 15.1 Å². The molecule has 0 aliphatic rings. The smallest absolute Gasteiger partial charge is 0.310 e. The van der Waals surface area contributed by atoms with Crippen molar-refractivity contribution < 1.29 is 9.53 Å². The summed E-state index contributed by atoms with van der Waals surface area (Å²) in [6.07, 6.45) is 0.197. The van der Waals surface area contributed by atoms with Crippen molar-refractivity contribution in [1.82, 2.24) is 0 Å². The van der Waals surface area contributed by atoms with E-state index in [2.05, 4.69) is 0 Å². The molecule has 0 amide bonds. The van der Waals surface area contributed by atoms with Crippen LogP contribution < -0.4 is 0 Å². The first kappa shape index (κ1) is 15.2. The Morgan fingerprint density at radius 1 is 0.950 bits per heavy atom. The fraction of sp³-hybridized carbons (Fsp3) is 0.133. The maximum absolute atomic E-state index is 11.7. The molecule has 2 aromatic carbocycles. The summed E-state index contributed by atoms with van der Waals surface area (Å²) >= 11 is 17.6. The highest BCUT2D eigenvalue weighted by Gasteiger charge is 2.07. The summed E-state index contributed by atoms with van der Waals surface area (Å²) in [5, 5.41) is 1.66. The van der Waals surface area contributed by atoms with Crippen molar-refractivity contribution in [2.24, 2.45) is 0 Å². The highest BCUT2D eigenvalue weighted by atomic mass is 35.5. The molecule has 5 heteroatoms. The minimum atomic E-state index is -0.321. The fourth-order valence-electron chi connectivity index (χ4n) is 1.62. The number of carbonyl (C=O) groups is 1. The zero-order valence-corrected chi connectivity index (χ0v) is 12.7. The predicted octanol–water partition coefficient (Wildman–Crippen LogP) is 4.93. The average molecular weight is 330 g/mol. The van der Waals surface area contributed by atoms with Gasteiger partial charge in [-0.3, -0.25) is 4.79 Å². The first-order valence-corrected chi connectivity index (χ1v) is 7.02. The Labute approximate surface area is 132 Å². The first-order valence-electron chi connectivity index (χ1n) is 5.88. The molecule has 104 valence electrons. The summed E-state index contributed by atoms with van der Waals surface area (Å²) in [5.41, 5.74) is 1.57. The van der Waals surface area contributed by atoms with Gasteiger partial charge >= 0.3 is 5.97 Å². The van der Waals surface area contributed by atoms with Crippen LogP contribution in [-0.4, -0.2) is 5.97 Å². The van der Waals surface area contributed by atoms with Gasteiger partial charge < -0.3 is 4.74 Å². The van der Waals surface area contributed by atoms with Crippen molar-refractivity contribution in [3.8, 4) is 0 Å². The molecule has 0 bridgehead atoms. The number of hydrogen-bond donors (Lipinski definition) is 0. The number of carbonyl (C=O) groups excluding carboxylic acids is 1. The Kier molecular flexibility index (Phi) is 5.30. The van der Waals surface area contributed by atoms with Crippen LogP contribution >= 0.6 is 34.8 Å². The van der Waals surface area contributed by atoms with Gasteiger partial charge in [-0.1, -0.05) is 53.0 Å². The van der Waals surface area contributed by atoms with Crippen LogP contribution in [0.4, 0.5) is 0 Å². The second-order valence-electron chi connectivity index (χ2n) is 4.20. The molecule has 0 saturated heterocycles. The van der Waals surface area contributed by atoms with Crippen LogP contribution in [0.5, 0.6) is 0 Å². The maximum Gasteiger partial charge on any atom is 0.310 e. The maximum atomic E-state index is 11.7. The summed E-state index contributed by atoms with van der Waals surface area (Å²) in [4.78, 5) is 11.7. The van der Waals surface area contributed by atoms with Gasteiger partial charge in [-0.25, -0.2) is 0 Å². The lowest BCUT2D eigenvalue weighted by Crippen LogP contribution is -2.08. The highest BCUT2D eigenvalue weighted by molar-refractivity contribution is 6.35. The van der Waals surface area contributed by atoms with Crippen LogP contribution in [0.25, 0.3) is 0 Å². The zero-order chi connectivity index (χ0) is 14.5. The zero-order valence-electron chi connectivity index (χ0n) is 10.4. The van der Waals surface area contributed by atoms with Crippen molar-refractivity contribution in [2.45, 2.75) is 13.0 Å². The first-order chi connectivity index (χ1) is 9.54. The molecule has 0 aliphatic carbocycles. The van der Waals surface area contributed by atoms with Gasteiger partial charge in [-0.05, 0) is 29.8 Å². The summed E-state index contributed by atoms with van der Waals surface area (Å²) in [6.45, 7) is 0.127. The van der Waals surface area contributed by atoms with Crippen molar-refractivity contribution in [3.63, 3.8) is 0 Å². The van der Waals surface area contributed by atoms with E-state index in [1.165, 1.54) is 0 Å². The lowest BCUT2D eigenvalue weighted by atomic mass is 10.1. The number of halogens is 3. The van der Waals surface area contributed by atoms with Gasteiger partial charge in [0.2, 0.25) is 0 Å². The third-order valence-corrected chi connectivity index (χ3v) is 3.50. The minimum Gasteiger partial charge on any atom is -0.461 e. The van der Waals surface area contributed by atoms with Gasteiger partial charge in [0.25, 0.3) is 0 Å². The summed E-state index contributed by atoms with van der Waals surface area (Å²) < 4.78 is 5.18. The van der Waals surface area contributed by atoms with E-state index in [0.29, 0.717) is 15.1 Å². The topological polar surface area (TPSA) is 26.3 Å². The molecule has 0 spiro atoms. The summed E-state index contributed by atoms with van der Waals surface area (Å²) in [6, 6.07) is 12.1. The molecule has 0 heterocycles. The fourth-order valence-corrected chi connectivity index (χ4v) is 2.21. The van der Waals surface area contributed by atoms with Crippen LogP contribution in [0.15, 0.2) is 42.5 Å². The number of ether oxygens (including phenoxy) is 1. The molecule has 2 aromatic rings. The number of esters is 1. The van der Waals surface area contributed by atoms with E-state index in [1.807, 2.05) is 0 Å². The summed E-state index contributed by atoms with van der Waals surface area (Å²) in [5.74, 6) is -0.321. The van der Waals surface area contributed by atoms with Gasteiger partial charge in [0, 0.05) is 20.6 Å². The van der Waals surface area contributed by atoms with Crippen molar-refractivity contribution in [2.75, 3.05) is 0 Å². The van der Waals surface area contributed by atoms with Gasteiger partial charge in [-0.2, -0.15) is 0 Å². The van der Waals surface area contributed by atoms with Crippen molar-refractivity contribution >= 4 is 40.8 Å². The third kappa shape index (κ3) is 4.41. The molecule has 0 saturated carbocycles. The molecule has 0 aromatic heterocycles. The van der Waals surface area contributed by atoms with E-state index < -0.39 is 0 Å². The SMILES string of the molecule is O=C(Cc1ccc(Cl)cc1)OCc1ccc(Cl)cc1Cl. The Balaban J connectivity index is 1.90. The van der Waals surface area contributed by atoms with Crippen LogP contribution in [-0.2, 0) is 22.6 Å². The lowest BCUT2D eigenvalue weighted by molar-refractivity contribution is -0.144. The van der Waals surface area contributed by atoms with E-state index in [-0.39, 0.29) is 19.0 Å². The molecular weight excluding hydrogens is 319 g/mol.